The molecule has 1 atom stereocenters. The van der Waals surface area contributed by atoms with Gasteiger partial charge in [0.1, 0.15) is 23.2 Å². The molecule has 0 saturated carbocycles. The van der Waals surface area contributed by atoms with E-state index in [0.29, 0.717) is 53.7 Å². The number of nitrogens with one attached hydrogen (secondary N) is 1. The Morgan fingerprint density at radius 3 is 2.71 bits per heavy atom. The minimum Gasteiger partial charge on any atom is -0.354 e. The number of alkyl halides is 1. The molecule has 28 heavy (non-hydrogen) atoms. The van der Waals surface area contributed by atoms with E-state index in [1.54, 1.807) is 18.3 Å². The largest absolute Gasteiger partial charge is 0.354 e. The third kappa shape index (κ3) is 3.19. The highest BCUT2D eigenvalue weighted by atomic mass is 19.1. The van der Waals surface area contributed by atoms with Crippen LogP contribution in [0.3, 0.4) is 0 Å². The van der Waals surface area contributed by atoms with Gasteiger partial charge in [-0.2, -0.15) is 14.5 Å². The van der Waals surface area contributed by atoms with Crippen molar-refractivity contribution in [2.45, 2.75) is 31.5 Å². The molecule has 2 aliphatic rings. The lowest BCUT2D eigenvalue weighted by Crippen LogP contribution is -2.29. The third-order valence-electron chi connectivity index (χ3n) is 5.51. The van der Waals surface area contributed by atoms with Crippen LogP contribution in [0.1, 0.15) is 25.3 Å². The zero-order chi connectivity index (χ0) is 19.1. The summed E-state index contributed by atoms with van der Waals surface area (Å²) in [5.41, 5.74) is 2.06. The number of pyridine rings is 1. The number of nitrogens with zero attached hydrogens (tertiary/aromatic N) is 6. The van der Waals surface area contributed by atoms with Gasteiger partial charge in [0.2, 0.25) is 0 Å². The molecule has 0 spiro atoms. The molecule has 5 heterocycles. The van der Waals surface area contributed by atoms with E-state index in [0.717, 1.165) is 25.9 Å². The molecule has 3 aromatic rings. The first-order valence-corrected chi connectivity index (χ1v) is 9.66. The molecule has 2 aliphatic heterocycles. The standard InChI is InChI=1S/C19H21F2N7/c20-13-5-8-27(11-13)16-2-1-15-18(25-16)17(26-19(21)24-15)12-9-23-28(10-12)14-3-6-22-7-4-14/h1-2,9-10,13-14,22H,3-8,11H2. The molecular formula is C19H21F2N7. The molecule has 0 bridgehead atoms. The average molecular weight is 385 g/mol. The maximum Gasteiger partial charge on any atom is 0.309 e. The molecule has 7 nitrogen and oxygen atoms in total. The van der Waals surface area contributed by atoms with Crippen molar-refractivity contribution in [2.75, 3.05) is 31.1 Å². The van der Waals surface area contributed by atoms with Gasteiger partial charge in [-0.05, 0) is 44.5 Å². The number of hydrogen-bond acceptors (Lipinski definition) is 6. The summed E-state index contributed by atoms with van der Waals surface area (Å²) < 4.78 is 29.6. The summed E-state index contributed by atoms with van der Waals surface area (Å²) in [6, 6.07) is 3.80. The van der Waals surface area contributed by atoms with E-state index < -0.39 is 12.2 Å². The molecule has 146 valence electrons. The monoisotopic (exact) mass is 385 g/mol. The molecular weight excluding hydrogens is 364 g/mol. The molecule has 2 fully saturated rings. The molecule has 0 amide bonds. The maximum absolute atomic E-state index is 14.1. The van der Waals surface area contributed by atoms with E-state index in [9.17, 15) is 8.78 Å². The second-order valence-electron chi connectivity index (χ2n) is 7.40. The van der Waals surface area contributed by atoms with Crippen LogP contribution in [0.4, 0.5) is 14.6 Å². The van der Waals surface area contributed by atoms with Gasteiger partial charge in [-0.1, -0.05) is 0 Å². The van der Waals surface area contributed by atoms with E-state index in [-0.39, 0.29) is 0 Å². The number of hydrogen-bond donors (Lipinski definition) is 1. The lowest BCUT2D eigenvalue weighted by molar-refractivity contribution is 0.343. The van der Waals surface area contributed by atoms with Crippen LogP contribution < -0.4 is 10.2 Å². The Bertz CT molecular complexity index is 999. The Balaban J connectivity index is 1.55. The highest BCUT2D eigenvalue weighted by molar-refractivity contribution is 5.89. The van der Waals surface area contributed by atoms with Crippen molar-refractivity contribution in [3.05, 3.63) is 30.6 Å². The number of piperidine rings is 1. The molecule has 2 saturated heterocycles. The van der Waals surface area contributed by atoms with E-state index >= 15 is 0 Å². The smallest absolute Gasteiger partial charge is 0.309 e. The van der Waals surface area contributed by atoms with Gasteiger partial charge in [0.05, 0.1) is 24.3 Å². The topological polar surface area (TPSA) is 71.8 Å². The number of fused-ring (bicyclic) bond motifs is 1. The number of anilines is 1. The maximum atomic E-state index is 14.1. The number of halogens is 2. The fraction of sp³-hybridized carbons (Fsp3) is 0.474. The van der Waals surface area contributed by atoms with Crippen LogP contribution in [0.2, 0.25) is 0 Å². The summed E-state index contributed by atoms with van der Waals surface area (Å²) in [6.45, 7) is 2.86. The first kappa shape index (κ1) is 17.4. The average Bonchev–Trinajstić information content (AvgIpc) is 3.37. The van der Waals surface area contributed by atoms with Crippen LogP contribution in [0.5, 0.6) is 0 Å². The number of aromatic nitrogens is 5. The molecule has 1 N–H and O–H groups in total. The minimum absolute atomic E-state index is 0.322. The Labute approximate surface area is 160 Å². The summed E-state index contributed by atoms with van der Waals surface area (Å²) >= 11 is 0. The predicted octanol–water partition coefficient (Wildman–Crippen LogP) is 2.50. The molecule has 5 rings (SSSR count). The zero-order valence-corrected chi connectivity index (χ0v) is 15.4. The van der Waals surface area contributed by atoms with Crippen molar-refractivity contribution < 1.29 is 8.78 Å². The summed E-state index contributed by atoms with van der Waals surface area (Å²) in [7, 11) is 0. The van der Waals surface area contributed by atoms with Gasteiger partial charge in [0.25, 0.3) is 0 Å². The SMILES string of the molecule is Fc1nc(-c2cnn(C3CCNCC3)c2)c2nc(N3CCC(F)C3)ccc2n1. The van der Waals surface area contributed by atoms with Crippen molar-refractivity contribution in [1.82, 2.24) is 30.0 Å². The van der Waals surface area contributed by atoms with Gasteiger partial charge < -0.3 is 10.2 Å². The van der Waals surface area contributed by atoms with Gasteiger partial charge in [-0.15, -0.1) is 0 Å². The van der Waals surface area contributed by atoms with Gasteiger partial charge in [0, 0.05) is 18.3 Å². The van der Waals surface area contributed by atoms with E-state index in [1.165, 1.54) is 0 Å². The van der Waals surface area contributed by atoms with Crippen molar-refractivity contribution in [2.24, 2.45) is 0 Å². The van der Waals surface area contributed by atoms with Crippen LogP contribution in [-0.2, 0) is 0 Å². The molecule has 1 unspecified atom stereocenters. The van der Waals surface area contributed by atoms with Crippen LogP contribution in [0.25, 0.3) is 22.3 Å². The van der Waals surface area contributed by atoms with Crippen molar-refractivity contribution in [3.8, 4) is 11.3 Å². The lowest BCUT2D eigenvalue weighted by atomic mass is 10.1. The van der Waals surface area contributed by atoms with Crippen LogP contribution >= 0.6 is 0 Å². The highest BCUT2D eigenvalue weighted by Crippen LogP contribution is 2.29. The normalized spacial score (nSPS) is 20.9. The summed E-state index contributed by atoms with van der Waals surface area (Å²) in [4.78, 5) is 14.4. The van der Waals surface area contributed by atoms with Gasteiger partial charge >= 0.3 is 6.08 Å². The second-order valence-corrected chi connectivity index (χ2v) is 7.40. The van der Waals surface area contributed by atoms with Crippen LogP contribution in [0.15, 0.2) is 24.5 Å². The van der Waals surface area contributed by atoms with E-state index in [2.05, 4.69) is 25.4 Å². The second kappa shape index (κ2) is 7.05. The van der Waals surface area contributed by atoms with E-state index in [1.807, 2.05) is 15.8 Å². The lowest BCUT2D eigenvalue weighted by Gasteiger charge is -2.22. The van der Waals surface area contributed by atoms with E-state index in [4.69, 9.17) is 0 Å². The molecule has 0 aliphatic carbocycles. The minimum atomic E-state index is -0.843. The Morgan fingerprint density at radius 2 is 1.93 bits per heavy atom. The van der Waals surface area contributed by atoms with Crippen LogP contribution in [0, 0.1) is 6.08 Å². The predicted molar refractivity (Wildman–Crippen MR) is 101 cm³/mol. The third-order valence-corrected chi connectivity index (χ3v) is 5.51. The summed E-state index contributed by atoms with van der Waals surface area (Å²) in [6.07, 6.45) is 4.46. The van der Waals surface area contributed by atoms with Crippen molar-refractivity contribution in [1.29, 1.82) is 0 Å². The Hall–Kier alpha value is -2.68. The molecule has 3 aromatic heterocycles. The molecule has 9 heteroatoms. The zero-order valence-electron chi connectivity index (χ0n) is 15.4. The first-order valence-electron chi connectivity index (χ1n) is 9.66. The van der Waals surface area contributed by atoms with Gasteiger partial charge in [0.15, 0.2) is 0 Å². The summed E-state index contributed by atoms with van der Waals surface area (Å²) in [5.74, 6) is 0.662. The Kier molecular flexibility index (Phi) is 4.38. The van der Waals surface area contributed by atoms with Crippen molar-refractivity contribution >= 4 is 16.9 Å². The van der Waals surface area contributed by atoms with Crippen molar-refractivity contribution in [3.63, 3.8) is 0 Å². The first-order chi connectivity index (χ1) is 13.7. The van der Waals surface area contributed by atoms with Gasteiger partial charge in [-0.3, -0.25) is 4.68 Å². The number of rotatable bonds is 3. The summed E-state index contributed by atoms with van der Waals surface area (Å²) in [5, 5.41) is 7.82. The highest BCUT2D eigenvalue weighted by Gasteiger charge is 2.24. The quantitative estimate of drug-likeness (QED) is 0.699. The van der Waals surface area contributed by atoms with Gasteiger partial charge in [-0.25, -0.2) is 14.4 Å². The Morgan fingerprint density at radius 1 is 1.07 bits per heavy atom. The fourth-order valence-corrected chi connectivity index (χ4v) is 4.01. The fourth-order valence-electron chi connectivity index (χ4n) is 4.01. The van der Waals surface area contributed by atoms with Crippen LogP contribution in [-0.4, -0.2) is 57.1 Å². The molecule has 0 radical (unpaired) electrons. The molecule has 0 aromatic carbocycles.